The number of carbonyl (C=O) groups excluding carboxylic acids is 4. The molecule has 210 valence electrons. The largest absolute Gasteiger partial charge is 0.460 e. The van der Waals surface area contributed by atoms with E-state index < -0.39 is 47.7 Å². The van der Waals surface area contributed by atoms with Crippen LogP contribution in [0.1, 0.15) is 59.8 Å². The summed E-state index contributed by atoms with van der Waals surface area (Å²) in [5.41, 5.74) is -1.32. The number of hydrogen-bond donors (Lipinski definition) is 2. The molecule has 8 atom stereocenters. The number of fused-ring (bicyclic) bond motifs is 2. The zero-order chi connectivity index (χ0) is 27.6. The molecule has 0 radical (unpaired) electrons. The number of likely N-dealkylation sites (tertiary alicyclic amines) is 1. The summed E-state index contributed by atoms with van der Waals surface area (Å²) < 4.78 is 12.1. The van der Waals surface area contributed by atoms with Gasteiger partial charge in [-0.15, -0.1) is 0 Å². The first-order valence-electron chi connectivity index (χ1n) is 13.9. The van der Waals surface area contributed by atoms with Gasteiger partial charge in [0.25, 0.3) is 0 Å². The minimum absolute atomic E-state index is 0.117. The van der Waals surface area contributed by atoms with E-state index in [1.807, 2.05) is 26.0 Å². The first-order chi connectivity index (χ1) is 18.2. The molecule has 0 aromatic heterocycles. The highest BCUT2D eigenvalue weighted by Gasteiger charge is 2.74. The highest BCUT2D eigenvalue weighted by Crippen LogP contribution is 2.56. The molecule has 4 heterocycles. The van der Waals surface area contributed by atoms with E-state index in [4.69, 9.17) is 9.47 Å². The molecule has 0 aromatic rings. The van der Waals surface area contributed by atoms with Gasteiger partial charge in [-0.3, -0.25) is 19.2 Å². The average Bonchev–Trinajstić information content (AvgIpc) is 3.53. The van der Waals surface area contributed by atoms with Crippen LogP contribution in [0.2, 0.25) is 0 Å². The molecule has 1 unspecified atom stereocenters. The number of hydrogen-bond acceptors (Lipinski definition) is 7. The number of amides is 3. The molecular weight excluding hydrogens is 490 g/mol. The van der Waals surface area contributed by atoms with Crippen LogP contribution in [0.3, 0.4) is 0 Å². The lowest BCUT2D eigenvalue weighted by Crippen LogP contribution is -2.59. The Morgan fingerprint density at radius 1 is 1.18 bits per heavy atom. The molecule has 4 aliphatic rings. The van der Waals surface area contributed by atoms with Gasteiger partial charge in [0.1, 0.15) is 23.7 Å². The Labute approximate surface area is 224 Å². The van der Waals surface area contributed by atoms with E-state index in [1.165, 1.54) is 4.90 Å². The first kappa shape index (κ1) is 28.3. The van der Waals surface area contributed by atoms with Gasteiger partial charge in [0, 0.05) is 19.0 Å². The average molecular weight is 532 g/mol. The smallest absolute Gasteiger partial charge is 0.313 e. The molecule has 4 aliphatic heterocycles. The third kappa shape index (κ3) is 4.88. The quantitative estimate of drug-likeness (QED) is 0.391. The summed E-state index contributed by atoms with van der Waals surface area (Å²) in [5.74, 6) is -3.24. The molecule has 2 saturated heterocycles. The lowest BCUT2D eigenvalue weighted by molar-refractivity contribution is -0.159. The van der Waals surface area contributed by atoms with Crippen molar-refractivity contribution in [1.29, 1.82) is 0 Å². The van der Waals surface area contributed by atoms with Gasteiger partial charge in [-0.2, -0.15) is 0 Å². The fourth-order valence-electron chi connectivity index (χ4n) is 6.37. The number of nitrogens with zero attached hydrogens (tertiary/aromatic N) is 2. The van der Waals surface area contributed by atoms with Crippen molar-refractivity contribution in [3.05, 3.63) is 24.3 Å². The second-order valence-electron chi connectivity index (χ2n) is 10.9. The van der Waals surface area contributed by atoms with Crippen molar-refractivity contribution < 1.29 is 33.8 Å². The molecule has 0 aliphatic carbocycles. The number of nitrogens with one attached hydrogen (secondary N) is 1. The number of ether oxygens (including phenoxy) is 2. The molecule has 3 amide bonds. The van der Waals surface area contributed by atoms with Gasteiger partial charge in [0.05, 0.1) is 31.2 Å². The van der Waals surface area contributed by atoms with Crippen molar-refractivity contribution in [1.82, 2.24) is 15.1 Å². The normalized spacial score (nSPS) is 36.2. The van der Waals surface area contributed by atoms with Crippen LogP contribution in [0.25, 0.3) is 0 Å². The molecule has 0 saturated carbocycles. The molecule has 0 aromatic carbocycles. The third-order valence-corrected chi connectivity index (χ3v) is 8.33. The van der Waals surface area contributed by atoms with Crippen LogP contribution in [0, 0.1) is 11.8 Å². The molecular formula is C28H41N3O7. The summed E-state index contributed by atoms with van der Waals surface area (Å²) in [6.45, 7) is 7.74. The topological polar surface area (TPSA) is 125 Å². The van der Waals surface area contributed by atoms with Crippen LogP contribution in [-0.2, 0) is 28.7 Å². The van der Waals surface area contributed by atoms with E-state index >= 15 is 0 Å². The summed E-state index contributed by atoms with van der Waals surface area (Å²) in [4.78, 5) is 57.4. The van der Waals surface area contributed by atoms with E-state index in [2.05, 4.69) is 12.2 Å². The minimum Gasteiger partial charge on any atom is -0.460 e. The highest BCUT2D eigenvalue weighted by molar-refractivity contribution is 5.99. The van der Waals surface area contributed by atoms with Gasteiger partial charge < -0.3 is 29.7 Å². The number of esters is 1. The summed E-state index contributed by atoms with van der Waals surface area (Å²) in [7, 11) is 0. The number of cyclic esters (lactones) is 1. The number of aliphatic hydroxyl groups excluding tert-OH is 1. The molecule has 10 nitrogen and oxygen atoms in total. The summed E-state index contributed by atoms with van der Waals surface area (Å²) in [5, 5.41) is 13.0. The Bertz CT molecular complexity index is 993. The van der Waals surface area contributed by atoms with Crippen molar-refractivity contribution in [3.8, 4) is 0 Å². The SMILES string of the molecule is CCCC(C)N1C/C=C\CCC(=O)NC[C@H](C)OC(=O)[C@@H]2[C@H]3C(=O)N([C@@H](CC)CO)[C@H](C1=O)[C@]31C=C[C@H]2O1. The van der Waals surface area contributed by atoms with E-state index in [9.17, 15) is 24.3 Å². The summed E-state index contributed by atoms with van der Waals surface area (Å²) in [6.07, 6.45) is 8.86. The Kier molecular flexibility index (Phi) is 8.62. The fraction of sp³-hybridized carbons (Fsp3) is 0.714. The Morgan fingerprint density at radius 3 is 2.63 bits per heavy atom. The number of carbonyl (C=O) groups is 4. The van der Waals surface area contributed by atoms with Gasteiger partial charge in [-0.1, -0.05) is 44.6 Å². The molecule has 5 bridgehead atoms. The van der Waals surface area contributed by atoms with Crippen LogP contribution in [0.4, 0.5) is 0 Å². The van der Waals surface area contributed by atoms with Crippen LogP contribution < -0.4 is 5.32 Å². The standard InChI is InChI=1S/C28H41N3O7/c1-5-10-17(3)30-14-9-7-8-11-21(33)29-15-18(4)37-27(36)22-20-12-13-28(38-20)23(22)25(34)31(19(6-2)16-32)24(28)26(30)35/h7,9,12-13,17-20,22-24,32H,5-6,8,10-11,14-16H2,1-4H3,(H,29,33)/b9-7-/t17?,18-,19-,20+,22-,23-,24+,28-/m0/s1. The van der Waals surface area contributed by atoms with Gasteiger partial charge in [-0.25, -0.2) is 0 Å². The van der Waals surface area contributed by atoms with E-state index in [0.29, 0.717) is 19.4 Å². The van der Waals surface area contributed by atoms with Gasteiger partial charge in [0.15, 0.2) is 0 Å². The van der Waals surface area contributed by atoms with Crippen molar-refractivity contribution in [2.45, 2.75) is 95.7 Å². The molecule has 4 rings (SSSR count). The monoisotopic (exact) mass is 531 g/mol. The number of aliphatic hydroxyl groups is 1. The van der Waals surface area contributed by atoms with Crippen LogP contribution >= 0.6 is 0 Å². The lowest BCUT2D eigenvalue weighted by Gasteiger charge is -2.40. The van der Waals surface area contributed by atoms with Crippen LogP contribution in [0.15, 0.2) is 24.3 Å². The minimum atomic E-state index is -1.32. The first-order valence-corrected chi connectivity index (χ1v) is 13.9. The maximum atomic E-state index is 14.4. The van der Waals surface area contributed by atoms with Gasteiger partial charge in [-0.05, 0) is 33.1 Å². The summed E-state index contributed by atoms with van der Waals surface area (Å²) in [6, 6.07) is -1.73. The Morgan fingerprint density at radius 2 is 1.95 bits per heavy atom. The molecule has 38 heavy (non-hydrogen) atoms. The van der Waals surface area contributed by atoms with Crippen molar-refractivity contribution >= 4 is 23.7 Å². The third-order valence-electron chi connectivity index (χ3n) is 8.33. The Balaban J connectivity index is 1.80. The summed E-state index contributed by atoms with van der Waals surface area (Å²) >= 11 is 0. The molecule has 2 N–H and O–H groups in total. The molecule has 1 spiro atoms. The zero-order valence-corrected chi connectivity index (χ0v) is 22.8. The second-order valence-corrected chi connectivity index (χ2v) is 10.9. The van der Waals surface area contributed by atoms with Gasteiger partial charge in [0.2, 0.25) is 17.7 Å². The lowest BCUT2D eigenvalue weighted by atomic mass is 9.74. The fourth-order valence-corrected chi connectivity index (χ4v) is 6.37. The predicted molar refractivity (Wildman–Crippen MR) is 139 cm³/mol. The van der Waals surface area contributed by atoms with Gasteiger partial charge >= 0.3 is 5.97 Å². The maximum Gasteiger partial charge on any atom is 0.313 e. The zero-order valence-electron chi connectivity index (χ0n) is 22.8. The molecule has 10 heteroatoms. The van der Waals surface area contributed by atoms with Crippen molar-refractivity contribution in [2.75, 3.05) is 19.7 Å². The van der Waals surface area contributed by atoms with Crippen LogP contribution in [-0.4, -0.2) is 94.2 Å². The van der Waals surface area contributed by atoms with Crippen molar-refractivity contribution in [3.63, 3.8) is 0 Å². The van der Waals surface area contributed by atoms with Crippen LogP contribution in [0.5, 0.6) is 0 Å². The number of allylic oxidation sites excluding steroid dienone is 1. The second kappa shape index (κ2) is 11.6. The predicted octanol–water partition coefficient (Wildman–Crippen LogP) is 1.32. The maximum absolute atomic E-state index is 14.4. The van der Waals surface area contributed by atoms with E-state index in [-0.39, 0.29) is 43.3 Å². The van der Waals surface area contributed by atoms with E-state index in [0.717, 1.165) is 12.8 Å². The Hall–Kier alpha value is -2.72. The molecule has 2 fully saturated rings. The number of rotatable bonds is 6. The van der Waals surface area contributed by atoms with Crippen molar-refractivity contribution in [2.24, 2.45) is 11.8 Å². The van der Waals surface area contributed by atoms with E-state index in [1.54, 1.807) is 24.0 Å². The highest BCUT2D eigenvalue weighted by atomic mass is 16.6.